The van der Waals surface area contributed by atoms with Crippen LogP contribution in [0.1, 0.15) is 22.8 Å². The molecule has 0 fully saturated rings. The van der Waals surface area contributed by atoms with E-state index in [9.17, 15) is 14.7 Å². The van der Waals surface area contributed by atoms with Crippen LogP contribution in [0.2, 0.25) is 5.02 Å². The van der Waals surface area contributed by atoms with E-state index in [1.165, 1.54) is 4.90 Å². The second-order valence-electron chi connectivity index (χ2n) is 6.12. The first kappa shape index (κ1) is 18.7. The predicted molar refractivity (Wildman–Crippen MR) is 104 cm³/mol. The molecule has 1 aliphatic rings. The molecule has 0 radical (unpaired) electrons. The van der Waals surface area contributed by atoms with Gasteiger partial charge in [-0.25, -0.2) is 0 Å². The molecule has 0 saturated heterocycles. The van der Waals surface area contributed by atoms with Gasteiger partial charge < -0.3 is 5.11 Å². The Balaban J connectivity index is 2.09. The Morgan fingerprint density at radius 1 is 1.35 bits per heavy atom. The molecule has 1 heterocycles. The van der Waals surface area contributed by atoms with Gasteiger partial charge in [-0.3, -0.25) is 14.5 Å². The number of fused-ring (bicyclic) bond motifs is 1. The van der Waals surface area contributed by atoms with Gasteiger partial charge in [0.1, 0.15) is 0 Å². The zero-order valence-corrected chi connectivity index (χ0v) is 16.2. The zero-order valence-electron chi connectivity index (χ0n) is 13.9. The van der Waals surface area contributed by atoms with Gasteiger partial charge in [0.05, 0.1) is 18.2 Å². The summed E-state index contributed by atoms with van der Waals surface area (Å²) >= 11 is 9.22. The Bertz CT molecular complexity index is 935. The highest BCUT2D eigenvalue weighted by atomic mass is 79.9. The second kappa shape index (κ2) is 6.88. The average molecular weight is 433 g/mol. The third-order valence-electron chi connectivity index (χ3n) is 4.63. The molecule has 0 aliphatic carbocycles. The number of Topliss-reactive ketones (excluding diaryl/α,β-unsaturated/α-hetero) is 1. The highest BCUT2D eigenvalue weighted by Crippen LogP contribution is 2.46. The molecular weight excluding hydrogens is 418 g/mol. The van der Waals surface area contributed by atoms with Gasteiger partial charge in [-0.05, 0) is 42.5 Å². The summed E-state index contributed by atoms with van der Waals surface area (Å²) in [5, 5.41) is 11.9. The molecule has 1 N–H and O–H groups in total. The van der Waals surface area contributed by atoms with Gasteiger partial charge in [0, 0.05) is 20.6 Å². The predicted octanol–water partition coefficient (Wildman–Crippen LogP) is 3.79. The number of terminal acetylenes is 1. The monoisotopic (exact) mass is 431 g/mol. The fourth-order valence-corrected chi connectivity index (χ4v) is 3.69. The van der Waals surface area contributed by atoms with Gasteiger partial charge in [-0.2, -0.15) is 0 Å². The van der Waals surface area contributed by atoms with Crippen molar-refractivity contribution in [2.24, 2.45) is 5.92 Å². The molecule has 0 aromatic heterocycles. The van der Waals surface area contributed by atoms with E-state index < -0.39 is 17.4 Å². The maximum absolute atomic E-state index is 13.0. The summed E-state index contributed by atoms with van der Waals surface area (Å²) in [6, 6.07) is 11.4. The maximum atomic E-state index is 13.0. The van der Waals surface area contributed by atoms with E-state index >= 15 is 0 Å². The molecule has 2 atom stereocenters. The number of aliphatic hydroxyl groups is 1. The summed E-state index contributed by atoms with van der Waals surface area (Å²) < 4.78 is 0.691. The minimum absolute atomic E-state index is 0.0115. The van der Waals surface area contributed by atoms with Crippen LogP contribution in [0, 0.1) is 18.3 Å². The van der Waals surface area contributed by atoms with Crippen molar-refractivity contribution in [1.82, 2.24) is 0 Å². The van der Waals surface area contributed by atoms with Crippen molar-refractivity contribution in [2.75, 3.05) is 11.4 Å². The van der Waals surface area contributed by atoms with E-state index in [4.69, 9.17) is 18.0 Å². The van der Waals surface area contributed by atoms with Crippen molar-refractivity contribution in [3.05, 3.63) is 63.1 Å². The lowest BCUT2D eigenvalue weighted by atomic mass is 9.79. The number of nitrogens with zero attached hydrogens (tertiary/aromatic N) is 1. The van der Waals surface area contributed by atoms with Gasteiger partial charge in [0.25, 0.3) is 5.91 Å². The van der Waals surface area contributed by atoms with Crippen molar-refractivity contribution in [3.63, 3.8) is 0 Å². The number of ketones is 1. The van der Waals surface area contributed by atoms with Crippen molar-refractivity contribution < 1.29 is 14.7 Å². The normalized spacial score (nSPS) is 19.8. The minimum Gasteiger partial charge on any atom is -0.375 e. The van der Waals surface area contributed by atoms with Gasteiger partial charge in [-0.1, -0.05) is 40.4 Å². The number of carbonyl (C=O) groups excluding carboxylic acids is 2. The Labute approximate surface area is 164 Å². The molecule has 0 bridgehead atoms. The number of rotatable bonds is 4. The standard InChI is InChI=1S/C20H15BrClNO3/c1-3-10-23-17-9-6-14(21)11-16(17)20(26,19(23)25)12(2)18(24)13-4-7-15(22)8-5-13/h1,4-9,11-12,26H,10H2,2H3. The van der Waals surface area contributed by atoms with Gasteiger partial charge in [-0.15, -0.1) is 6.42 Å². The van der Waals surface area contributed by atoms with Crippen LogP contribution >= 0.6 is 27.5 Å². The topological polar surface area (TPSA) is 57.6 Å². The molecule has 2 aromatic rings. The summed E-state index contributed by atoms with van der Waals surface area (Å²) in [6.45, 7) is 1.55. The molecule has 3 rings (SSSR count). The van der Waals surface area contributed by atoms with Crippen LogP contribution in [-0.4, -0.2) is 23.3 Å². The Kier molecular flexibility index (Phi) is 4.94. The van der Waals surface area contributed by atoms with Gasteiger partial charge >= 0.3 is 0 Å². The van der Waals surface area contributed by atoms with Gasteiger partial charge in [0.15, 0.2) is 11.4 Å². The summed E-state index contributed by atoms with van der Waals surface area (Å²) in [4.78, 5) is 27.3. The molecular formula is C20H15BrClNO3. The Hall–Kier alpha value is -2.13. The molecule has 1 aliphatic heterocycles. The first-order chi connectivity index (χ1) is 12.3. The smallest absolute Gasteiger partial charge is 0.265 e. The number of amides is 1. The Morgan fingerprint density at radius 3 is 2.62 bits per heavy atom. The van der Waals surface area contributed by atoms with Crippen LogP contribution in [0.4, 0.5) is 5.69 Å². The molecule has 2 unspecified atom stereocenters. The number of anilines is 1. The van der Waals surface area contributed by atoms with E-state index in [1.54, 1.807) is 49.4 Å². The van der Waals surface area contributed by atoms with Crippen LogP contribution in [-0.2, 0) is 10.4 Å². The maximum Gasteiger partial charge on any atom is 0.265 e. The largest absolute Gasteiger partial charge is 0.375 e. The van der Waals surface area contributed by atoms with Crippen molar-refractivity contribution in [3.8, 4) is 12.3 Å². The van der Waals surface area contributed by atoms with E-state index in [0.717, 1.165) is 0 Å². The van der Waals surface area contributed by atoms with E-state index in [1.807, 2.05) is 0 Å². The highest BCUT2D eigenvalue weighted by molar-refractivity contribution is 9.10. The lowest BCUT2D eigenvalue weighted by molar-refractivity contribution is -0.139. The molecule has 26 heavy (non-hydrogen) atoms. The van der Waals surface area contributed by atoms with E-state index in [0.29, 0.717) is 26.3 Å². The third kappa shape index (κ3) is 2.84. The zero-order chi connectivity index (χ0) is 19.1. The van der Waals surface area contributed by atoms with Crippen LogP contribution < -0.4 is 4.90 Å². The van der Waals surface area contributed by atoms with Crippen LogP contribution in [0.3, 0.4) is 0 Å². The van der Waals surface area contributed by atoms with Crippen molar-refractivity contribution in [2.45, 2.75) is 12.5 Å². The molecule has 0 spiro atoms. The van der Waals surface area contributed by atoms with E-state index in [2.05, 4.69) is 21.9 Å². The molecule has 1 amide bonds. The molecule has 2 aromatic carbocycles. The summed E-state index contributed by atoms with van der Waals surface area (Å²) in [5.74, 6) is 0.460. The molecule has 6 heteroatoms. The highest BCUT2D eigenvalue weighted by Gasteiger charge is 2.55. The molecule has 0 saturated carbocycles. The van der Waals surface area contributed by atoms with Crippen molar-refractivity contribution in [1.29, 1.82) is 0 Å². The SMILES string of the molecule is C#CCN1C(=O)C(O)(C(C)C(=O)c2ccc(Cl)cc2)c2cc(Br)ccc21. The van der Waals surface area contributed by atoms with Crippen molar-refractivity contribution >= 4 is 44.9 Å². The number of carbonyl (C=O) groups is 2. The van der Waals surface area contributed by atoms with Crippen LogP contribution in [0.15, 0.2) is 46.9 Å². The molecule has 4 nitrogen and oxygen atoms in total. The summed E-state index contributed by atoms with van der Waals surface area (Å²) in [5.41, 5.74) is -0.751. The fraction of sp³-hybridized carbons (Fsp3) is 0.200. The summed E-state index contributed by atoms with van der Waals surface area (Å²) in [7, 11) is 0. The average Bonchev–Trinajstić information content (AvgIpc) is 2.84. The number of hydrogen-bond donors (Lipinski definition) is 1. The Morgan fingerprint density at radius 2 is 2.00 bits per heavy atom. The summed E-state index contributed by atoms with van der Waals surface area (Å²) in [6.07, 6.45) is 5.37. The quantitative estimate of drug-likeness (QED) is 0.591. The van der Waals surface area contributed by atoms with Crippen LogP contribution in [0.25, 0.3) is 0 Å². The van der Waals surface area contributed by atoms with E-state index in [-0.39, 0.29) is 12.3 Å². The van der Waals surface area contributed by atoms with Crippen LogP contribution in [0.5, 0.6) is 0 Å². The first-order valence-corrected chi connectivity index (χ1v) is 9.05. The fourth-order valence-electron chi connectivity index (χ4n) is 3.20. The molecule has 132 valence electrons. The number of hydrogen-bond acceptors (Lipinski definition) is 3. The van der Waals surface area contributed by atoms with Gasteiger partial charge in [0.2, 0.25) is 0 Å². The third-order valence-corrected chi connectivity index (χ3v) is 5.37. The lowest BCUT2D eigenvalue weighted by Crippen LogP contribution is -2.47. The number of benzene rings is 2. The second-order valence-corrected chi connectivity index (χ2v) is 7.47. The lowest BCUT2D eigenvalue weighted by Gasteiger charge is -2.28. The minimum atomic E-state index is -1.99. The number of halogens is 2. The first-order valence-electron chi connectivity index (χ1n) is 7.88.